The summed E-state index contributed by atoms with van der Waals surface area (Å²) < 4.78 is 29.9. The van der Waals surface area contributed by atoms with Gasteiger partial charge in [0.05, 0.1) is 35.2 Å². The van der Waals surface area contributed by atoms with Crippen LogP contribution >= 0.6 is 0 Å². The maximum atomic E-state index is 14.3. The first kappa shape index (κ1) is 28.7. The van der Waals surface area contributed by atoms with Crippen LogP contribution < -0.4 is 10.9 Å². The summed E-state index contributed by atoms with van der Waals surface area (Å²) in [5, 5.41) is 14.0. The molecule has 0 radical (unpaired) electrons. The molecule has 0 aliphatic carbocycles. The van der Waals surface area contributed by atoms with E-state index in [0.29, 0.717) is 27.5 Å². The number of amides is 1. The molecule has 0 saturated heterocycles. The highest BCUT2D eigenvalue weighted by Gasteiger charge is 2.25. The zero-order chi connectivity index (χ0) is 31.0. The van der Waals surface area contributed by atoms with Gasteiger partial charge in [-0.1, -0.05) is 26.0 Å². The first-order chi connectivity index (χ1) is 21.2. The number of aromatic nitrogens is 4. The molecule has 44 heavy (non-hydrogen) atoms. The molecule has 0 aliphatic rings. The van der Waals surface area contributed by atoms with Gasteiger partial charge in [-0.2, -0.15) is 0 Å². The molecule has 3 aromatic carbocycles. The monoisotopic (exact) mass is 593 g/mol. The number of hydrogen-bond acceptors (Lipinski definition) is 5. The Morgan fingerprint density at radius 1 is 1.00 bits per heavy atom. The molecule has 10 heteroatoms. The number of H-pyrrole nitrogens is 1. The van der Waals surface area contributed by atoms with E-state index in [4.69, 9.17) is 4.98 Å². The van der Waals surface area contributed by atoms with Crippen LogP contribution in [0.3, 0.4) is 0 Å². The van der Waals surface area contributed by atoms with Crippen LogP contribution in [-0.4, -0.2) is 30.5 Å². The highest BCUT2D eigenvalue weighted by atomic mass is 19.1. The molecule has 0 spiro atoms. The summed E-state index contributed by atoms with van der Waals surface area (Å²) in [7, 11) is 0. The van der Waals surface area contributed by atoms with Crippen LogP contribution in [-0.2, 0) is 17.6 Å². The zero-order valence-corrected chi connectivity index (χ0v) is 24.0. The molecule has 3 N–H and O–H groups in total. The average molecular weight is 594 g/mol. The van der Waals surface area contributed by atoms with Crippen molar-refractivity contribution in [3.63, 3.8) is 0 Å². The number of benzene rings is 3. The Morgan fingerprint density at radius 3 is 2.50 bits per heavy atom. The number of hydrogen-bond donors (Lipinski definition) is 3. The molecule has 8 nitrogen and oxygen atoms in total. The van der Waals surface area contributed by atoms with Gasteiger partial charge in [0.1, 0.15) is 23.2 Å². The van der Waals surface area contributed by atoms with E-state index in [9.17, 15) is 23.5 Å². The van der Waals surface area contributed by atoms with Gasteiger partial charge in [0.15, 0.2) is 0 Å². The lowest BCUT2D eigenvalue weighted by Gasteiger charge is -2.23. The van der Waals surface area contributed by atoms with Crippen LogP contribution in [0.2, 0.25) is 0 Å². The summed E-state index contributed by atoms with van der Waals surface area (Å²) >= 11 is 0. The number of aromatic hydroxyl groups is 1. The minimum absolute atomic E-state index is 0.0582. The molecular formula is C34H29F2N5O3. The lowest BCUT2D eigenvalue weighted by molar-refractivity contribution is -0.121. The molecule has 3 aromatic heterocycles. The van der Waals surface area contributed by atoms with Gasteiger partial charge in [-0.05, 0) is 71.6 Å². The maximum Gasteiger partial charge on any atom is 0.266 e. The van der Waals surface area contributed by atoms with Crippen molar-refractivity contribution in [2.24, 2.45) is 0 Å². The Balaban J connectivity index is 1.47. The number of carbonyl (C=O) groups excluding carboxylic acids is 1. The second kappa shape index (κ2) is 11.7. The molecule has 222 valence electrons. The van der Waals surface area contributed by atoms with Crippen LogP contribution in [0.5, 0.6) is 5.75 Å². The lowest BCUT2D eigenvalue weighted by Crippen LogP contribution is -2.36. The van der Waals surface area contributed by atoms with E-state index in [2.05, 4.69) is 15.3 Å². The van der Waals surface area contributed by atoms with Crippen molar-refractivity contribution in [2.75, 3.05) is 0 Å². The number of halogens is 2. The van der Waals surface area contributed by atoms with Crippen molar-refractivity contribution in [1.82, 2.24) is 24.8 Å². The third-order valence-corrected chi connectivity index (χ3v) is 7.53. The quantitative estimate of drug-likeness (QED) is 0.200. The number of nitrogens with one attached hydrogen (secondary N) is 2. The number of pyridine rings is 1. The predicted molar refractivity (Wildman–Crippen MR) is 164 cm³/mol. The van der Waals surface area contributed by atoms with E-state index in [-0.39, 0.29) is 41.5 Å². The summed E-state index contributed by atoms with van der Waals surface area (Å²) in [5.74, 6) is -1.54. The Bertz CT molecular complexity index is 2050. The number of para-hydroxylation sites is 1. The Kier molecular flexibility index (Phi) is 7.65. The Hall–Kier alpha value is -5.38. The summed E-state index contributed by atoms with van der Waals surface area (Å²) in [6.07, 6.45) is 3.14. The fourth-order valence-corrected chi connectivity index (χ4v) is 5.41. The predicted octanol–water partition coefficient (Wildman–Crippen LogP) is 6.01. The molecule has 0 bridgehead atoms. The fraction of sp³-hybridized carbons (Fsp3) is 0.176. The number of carbonyl (C=O) groups is 1. The molecule has 1 atom stereocenters. The van der Waals surface area contributed by atoms with Crippen LogP contribution in [0, 0.1) is 11.6 Å². The van der Waals surface area contributed by atoms with E-state index in [1.54, 1.807) is 60.9 Å². The molecule has 0 saturated carbocycles. The summed E-state index contributed by atoms with van der Waals surface area (Å²) in [5.41, 5.74) is 2.97. The summed E-state index contributed by atoms with van der Waals surface area (Å²) in [6.45, 7) is 4.02. The molecule has 0 fully saturated rings. The lowest BCUT2D eigenvalue weighted by atomic mass is 10.0. The highest BCUT2D eigenvalue weighted by molar-refractivity contribution is 5.90. The van der Waals surface area contributed by atoms with Crippen molar-refractivity contribution < 1.29 is 18.7 Å². The van der Waals surface area contributed by atoms with Crippen molar-refractivity contribution in [3.05, 3.63) is 130 Å². The molecular weight excluding hydrogens is 564 g/mol. The molecule has 6 aromatic rings. The number of phenols is 1. The molecule has 0 aliphatic heterocycles. The number of phenolic OH excluding ortho intramolecular Hbond substituents is 1. The summed E-state index contributed by atoms with van der Waals surface area (Å²) in [6, 6.07) is 17.5. The first-order valence-electron chi connectivity index (χ1n) is 14.2. The minimum atomic E-state index is -0.968. The normalized spacial score (nSPS) is 12.2. The third kappa shape index (κ3) is 5.78. The van der Waals surface area contributed by atoms with E-state index in [1.165, 1.54) is 16.7 Å². The SMILES string of the molecule is CC(C)c1ccc(-n2c(C(Cc3cc(F)cc(F)c3)NC(=O)Cc3c[nH]c4ccc(O)cc34)nc3ccccc3c2=O)cn1. The topological polar surface area (TPSA) is 113 Å². The van der Waals surface area contributed by atoms with Crippen molar-refractivity contribution in [3.8, 4) is 11.4 Å². The molecule has 6 rings (SSSR count). The minimum Gasteiger partial charge on any atom is -0.508 e. The largest absolute Gasteiger partial charge is 0.508 e. The van der Waals surface area contributed by atoms with E-state index >= 15 is 0 Å². The number of aromatic amines is 1. The Labute approximate surface area is 251 Å². The van der Waals surface area contributed by atoms with Crippen molar-refractivity contribution in [2.45, 2.75) is 38.6 Å². The van der Waals surface area contributed by atoms with Gasteiger partial charge in [0.2, 0.25) is 5.91 Å². The smallest absolute Gasteiger partial charge is 0.266 e. The van der Waals surface area contributed by atoms with Gasteiger partial charge < -0.3 is 15.4 Å². The van der Waals surface area contributed by atoms with Crippen LogP contribution in [0.4, 0.5) is 8.78 Å². The zero-order valence-electron chi connectivity index (χ0n) is 24.0. The average Bonchev–Trinajstić information content (AvgIpc) is 3.37. The number of fused-ring (bicyclic) bond motifs is 2. The van der Waals surface area contributed by atoms with Gasteiger partial charge in [-0.15, -0.1) is 0 Å². The Morgan fingerprint density at radius 2 is 1.77 bits per heavy atom. The molecule has 3 heterocycles. The first-order valence-corrected chi connectivity index (χ1v) is 14.2. The second-order valence-corrected chi connectivity index (χ2v) is 11.0. The maximum absolute atomic E-state index is 14.3. The van der Waals surface area contributed by atoms with E-state index < -0.39 is 23.6 Å². The molecule has 1 amide bonds. The van der Waals surface area contributed by atoms with Crippen LogP contribution in [0.25, 0.3) is 27.5 Å². The van der Waals surface area contributed by atoms with Gasteiger partial charge in [-0.3, -0.25) is 19.1 Å². The van der Waals surface area contributed by atoms with E-state index in [0.717, 1.165) is 17.3 Å². The molecule has 1 unspecified atom stereocenters. The van der Waals surface area contributed by atoms with Crippen molar-refractivity contribution >= 4 is 27.7 Å². The second-order valence-electron chi connectivity index (χ2n) is 11.0. The van der Waals surface area contributed by atoms with Gasteiger partial charge in [-0.25, -0.2) is 13.8 Å². The number of nitrogens with zero attached hydrogens (tertiary/aromatic N) is 3. The standard InChI is InChI=1S/C34H29F2N5O3/c1-19(2)28-9-7-24(18-38-28)41-33(40-30-6-4-3-5-26(30)34(41)44)31(13-20-11-22(35)15-23(36)12-20)39-32(43)14-21-17-37-29-10-8-25(42)16-27(21)29/h3-12,15-19,31,37,42H,13-14H2,1-2H3,(H,39,43). The fourth-order valence-electron chi connectivity index (χ4n) is 5.41. The highest BCUT2D eigenvalue weighted by Crippen LogP contribution is 2.26. The van der Waals surface area contributed by atoms with Crippen molar-refractivity contribution in [1.29, 1.82) is 0 Å². The summed E-state index contributed by atoms with van der Waals surface area (Å²) in [4.78, 5) is 40.0. The van der Waals surface area contributed by atoms with Gasteiger partial charge >= 0.3 is 0 Å². The van der Waals surface area contributed by atoms with E-state index in [1.807, 2.05) is 19.9 Å². The van der Waals surface area contributed by atoms with Gasteiger partial charge in [0.25, 0.3) is 5.56 Å². The van der Waals surface area contributed by atoms with Crippen LogP contribution in [0.15, 0.2) is 90.0 Å². The number of rotatable bonds is 8. The van der Waals surface area contributed by atoms with Gasteiger partial charge in [0, 0.05) is 35.3 Å². The third-order valence-electron chi connectivity index (χ3n) is 7.53. The van der Waals surface area contributed by atoms with Crippen LogP contribution in [0.1, 0.15) is 48.5 Å².